The van der Waals surface area contributed by atoms with Crippen LogP contribution in [0, 0.1) is 6.92 Å². The average molecular weight is 707 g/mol. The van der Waals surface area contributed by atoms with Crippen molar-refractivity contribution in [1.82, 2.24) is 10.2 Å². The summed E-state index contributed by atoms with van der Waals surface area (Å²) in [5, 5.41) is 2.74. The molecule has 0 bridgehead atoms. The van der Waals surface area contributed by atoms with Crippen molar-refractivity contribution in [2.75, 3.05) is 10.8 Å². The van der Waals surface area contributed by atoms with Crippen molar-refractivity contribution >= 4 is 62.3 Å². The van der Waals surface area contributed by atoms with E-state index in [9.17, 15) is 31.2 Å². The number of aryl methyl sites for hydroxylation is 1. The summed E-state index contributed by atoms with van der Waals surface area (Å²) in [5.74, 6) is -1.34. The van der Waals surface area contributed by atoms with Gasteiger partial charge in [-0.3, -0.25) is 13.9 Å². The summed E-state index contributed by atoms with van der Waals surface area (Å²) in [6.45, 7) is 5.93. The highest BCUT2D eigenvalue weighted by molar-refractivity contribution is 7.92. The van der Waals surface area contributed by atoms with Crippen LogP contribution >= 0.6 is 34.8 Å². The van der Waals surface area contributed by atoms with Crippen LogP contribution in [0.3, 0.4) is 0 Å². The van der Waals surface area contributed by atoms with Gasteiger partial charge in [0.25, 0.3) is 10.0 Å². The highest BCUT2D eigenvalue weighted by Gasteiger charge is 2.37. The number of carbonyl (C=O) groups is 2. The smallest absolute Gasteiger partial charge is 0.352 e. The largest absolute Gasteiger partial charge is 0.417 e. The lowest BCUT2D eigenvalue weighted by Gasteiger charge is -2.34. The summed E-state index contributed by atoms with van der Waals surface area (Å²) in [4.78, 5) is 28.5. The Morgan fingerprint density at radius 2 is 1.56 bits per heavy atom. The van der Waals surface area contributed by atoms with E-state index < -0.39 is 56.9 Å². The molecule has 45 heavy (non-hydrogen) atoms. The normalized spacial score (nSPS) is 13.2. The number of nitrogens with one attached hydrogen (secondary N) is 1. The van der Waals surface area contributed by atoms with E-state index in [-0.39, 0.29) is 28.9 Å². The first kappa shape index (κ1) is 36.5. The Balaban J connectivity index is 2.17. The molecule has 0 fully saturated rings. The average Bonchev–Trinajstić information content (AvgIpc) is 2.96. The maximum atomic E-state index is 14.2. The monoisotopic (exact) mass is 705 g/mol. The van der Waals surface area contributed by atoms with Gasteiger partial charge in [0.2, 0.25) is 11.8 Å². The zero-order valence-corrected chi connectivity index (χ0v) is 28.0. The number of rotatable bonds is 12. The molecule has 1 N–H and O–H groups in total. The van der Waals surface area contributed by atoms with E-state index in [0.717, 1.165) is 17.7 Å². The summed E-state index contributed by atoms with van der Waals surface area (Å²) in [7, 11) is -4.61. The highest BCUT2D eigenvalue weighted by atomic mass is 35.5. The van der Waals surface area contributed by atoms with Crippen LogP contribution < -0.4 is 9.62 Å². The van der Waals surface area contributed by atoms with Gasteiger partial charge in [-0.2, -0.15) is 13.2 Å². The summed E-state index contributed by atoms with van der Waals surface area (Å²) >= 11 is 18.3. The first-order valence-corrected chi connectivity index (χ1v) is 16.6. The molecule has 3 aromatic rings. The number of carbonyl (C=O) groups excluding carboxylic acids is 2. The quantitative estimate of drug-likeness (QED) is 0.208. The third-order valence-corrected chi connectivity index (χ3v) is 9.88. The third-order valence-electron chi connectivity index (χ3n) is 7.17. The molecule has 2 amide bonds. The summed E-state index contributed by atoms with van der Waals surface area (Å²) < 4.78 is 70.1. The highest BCUT2D eigenvalue weighted by Crippen LogP contribution is 2.38. The van der Waals surface area contributed by atoms with Crippen molar-refractivity contribution < 1.29 is 31.2 Å². The number of nitrogens with zero attached hydrogens (tertiary/aromatic N) is 2. The minimum absolute atomic E-state index is 0.142. The Morgan fingerprint density at radius 3 is 2.11 bits per heavy atom. The van der Waals surface area contributed by atoms with Crippen LogP contribution in [0.2, 0.25) is 15.1 Å². The molecule has 0 saturated carbocycles. The lowest BCUT2D eigenvalue weighted by Crippen LogP contribution is -2.53. The minimum atomic E-state index is -4.91. The lowest BCUT2D eigenvalue weighted by atomic mass is 10.1. The fourth-order valence-corrected chi connectivity index (χ4v) is 6.54. The second-order valence-corrected chi connectivity index (χ2v) is 13.6. The van der Waals surface area contributed by atoms with E-state index in [0.29, 0.717) is 27.4 Å². The molecule has 0 radical (unpaired) electrons. The Hall–Kier alpha value is -2.99. The van der Waals surface area contributed by atoms with Crippen LogP contribution in [0.4, 0.5) is 18.9 Å². The number of sulfonamides is 1. The van der Waals surface area contributed by atoms with E-state index in [4.69, 9.17) is 34.8 Å². The van der Waals surface area contributed by atoms with Crippen molar-refractivity contribution in [3.05, 3.63) is 92.4 Å². The predicted octanol–water partition coefficient (Wildman–Crippen LogP) is 7.89. The second kappa shape index (κ2) is 15.1. The van der Waals surface area contributed by atoms with Crippen LogP contribution in [0.15, 0.2) is 65.6 Å². The fraction of sp³-hybridized carbons (Fsp3) is 0.355. The standard InChI is InChI=1S/C31H33Cl3F3N3O4S/c1-5-20(4)38-30(42)28(6-2)39(17-21-9-10-22(32)15-27(21)34)29(41)18-40(45(43,44)24-12-7-19(3)8-13-24)23-11-14-26(33)25(16-23)31(35,36)37/h7-16,20,28H,5-6,17-18H2,1-4H3,(H,38,42)/t20-,28+/m0/s1. The molecule has 0 aliphatic rings. The molecule has 7 nitrogen and oxygen atoms in total. The molecule has 14 heteroatoms. The topological polar surface area (TPSA) is 86.8 Å². The van der Waals surface area contributed by atoms with Gasteiger partial charge in [0.15, 0.2) is 0 Å². The summed E-state index contributed by atoms with van der Waals surface area (Å²) in [6, 6.07) is 11.5. The summed E-state index contributed by atoms with van der Waals surface area (Å²) in [5.41, 5.74) is -0.556. The third kappa shape index (κ3) is 9.06. The zero-order valence-electron chi connectivity index (χ0n) is 25.0. The lowest BCUT2D eigenvalue weighted by molar-refractivity contribution is -0.140. The van der Waals surface area contributed by atoms with Crippen LogP contribution in [-0.4, -0.2) is 43.8 Å². The molecule has 3 rings (SSSR count). The molecule has 0 saturated heterocycles. The Labute approximate surface area is 276 Å². The first-order chi connectivity index (χ1) is 21.0. The predicted molar refractivity (Wildman–Crippen MR) is 171 cm³/mol. The van der Waals surface area contributed by atoms with Crippen molar-refractivity contribution in [3.63, 3.8) is 0 Å². The van der Waals surface area contributed by atoms with E-state index in [2.05, 4.69) is 5.32 Å². The molecule has 0 aliphatic heterocycles. The Kier molecular flexibility index (Phi) is 12.2. The van der Waals surface area contributed by atoms with E-state index in [1.54, 1.807) is 32.9 Å². The molecular formula is C31H33Cl3F3N3O4S. The van der Waals surface area contributed by atoms with Gasteiger partial charge in [-0.15, -0.1) is 0 Å². The molecule has 244 valence electrons. The van der Waals surface area contributed by atoms with Gasteiger partial charge < -0.3 is 10.2 Å². The molecule has 0 unspecified atom stereocenters. The van der Waals surface area contributed by atoms with Crippen molar-refractivity contribution in [2.24, 2.45) is 0 Å². The van der Waals surface area contributed by atoms with Gasteiger partial charge in [-0.1, -0.05) is 72.4 Å². The van der Waals surface area contributed by atoms with E-state index >= 15 is 0 Å². The van der Waals surface area contributed by atoms with Gasteiger partial charge in [-0.25, -0.2) is 8.42 Å². The van der Waals surface area contributed by atoms with Crippen molar-refractivity contribution in [2.45, 2.75) is 70.2 Å². The zero-order chi connectivity index (χ0) is 33.7. The fourth-order valence-electron chi connectivity index (χ4n) is 4.45. The molecular weight excluding hydrogens is 674 g/mol. The Bertz CT molecular complexity index is 1640. The number of hydrogen-bond donors (Lipinski definition) is 1. The van der Waals surface area contributed by atoms with Crippen LogP contribution in [0.25, 0.3) is 0 Å². The Morgan fingerprint density at radius 1 is 0.911 bits per heavy atom. The molecule has 0 heterocycles. The molecule has 3 aromatic carbocycles. The number of amides is 2. The van der Waals surface area contributed by atoms with E-state index in [1.807, 2.05) is 6.92 Å². The number of halogens is 6. The van der Waals surface area contributed by atoms with E-state index in [1.165, 1.54) is 35.2 Å². The number of anilines is 1. The first-order valence-electron chi connectivity index (χ1n) is 14.0. The van der Waals surface area contributed by atoms with Crippen LogP contribution in [-0.2, 0) is 32.3 Å². The maximum Gasteiger partial charge on any atom is 0.417 e. The van der Waals surface area contributed by atoms with Gasteiger partial charge in [0.1, 0.15) is 12.6 Å². The maximum absolute atomic E-state index is 14.2. The molecule has 0 spiro atoms. The molecule has 2 atom stereocenters. The number of hydrogen-bond acceptors (Lipinski definition) is 4. The molecule has 0 aromatic heterocycles. The number of benzene rings is 3. The van der Waals surface area contributed by atoms with Crippen molar-refractivity contribution in [3.8, 4) is 0 Å². The molecule has 0 aliphatic carbocycles. The summed E-state index contributed by atoms with van der Waals surface area (Å²) in [6.07, 6.45) is -4.15. The minimum Gasteiger partial charge on any atom is -0.352 e. The van der Waals surface area contributed by atoms with Crippen LogP contribution in [0.1, 0.15) is 50.3 Å². The van der Waals surface area contributed by atoms with Crippen molar-refractivity contribution in [1.29, 1.82) is 0 Å². The second-order valence-electron chi connectivity index (χ2n) is 10.5. The van der Waals surface area contributed by atoms with Crippen LogP contribution in [0.5, 0.6) is 0 Å². The van der Waals surface area contributed by atoms with Gasteiger partial charge >= 0.3 is 6.18 Å². The SMILES string of the molecule is CC[C@H](C(=O)N[C@@H](C)CC)N(Cc1ccc(Cl)cc1Cl)C(=O)CN(c1ccc(Cl)c(C(F)(F)F)c1)S(=O)(=O)c1ccc(C)cc1. The van der Waals surface area contributed by atoms with Gasteiger partial charge in [0.05, 0.1) is 21.2 Å². The number of alkyl halides is 3. The van der Waals surface area contributed by atoms with Gasteiger partial charge in [0, 0.05) is 22.6 Å². The van der Waals surface area contributed by atoms with Gasteiger partial charge in [-0.05, 0) is 74.7 Å².